The molecule has 0 spiro atoms. The monoisotopic (exact) mass is 628 g/mol. The van der Waals surface area contributed by atoms with Crippen molar-refractivity contribution in [2.75, 3.05) is 24.7 Å². The molecule has 4 aromatic rings. The summed E-state index contributed by atoms with van der Waals surface area (Å²) in [6.07, 6.45) is -5.81. The average Bonchev–Trinajstić information content (AvgIpc) is 3.73. The Hall–Kier alpha value is -3.19. The van der Waals surface area contributed by atoms with Gasteiger partial charge in [-0.25, -0.2) is 34.3 Å². The molecule has 10 atom stereocenters. The first-order chi connectivity index (χ1) is 20.3. The number of nitrogens with two attached hydrogens (primary N) is 2. The topological polar surface area (TPSA) is 249 Å². The number of rotatable bonds is 2. The number of aromatic nitrogens is 8. The Bertz CT molecular complexity index is 1690. The number of alkyl halides is 1. The van der Waals surface area contributed by atoms with Crippen molar-refractivity contribution in [3.63, 3.8) is 0 Å². The maximum atomic E-state index is 15.6. The number of fused-ring (bicyclic) bond motifs is 5. The van der Waals surface area contributed by atoms with Crippen molar-refractivity contribution in [1.29, 1.82) is 0 Å². The molecule has 4 aromatic heterocycles. The average molecular weight is 628 g/mol. The highest BCUT2D eigenvalue weighted by Gasteiger charge is 2.51. The quantitative estimate of drug-likeness (QED) is 0.246. The van der Waals surface area contributed by atoms with Crippen molar-refractivity contribution in [2.45, 2.75) is 49.1 Å². The van der Waals surface area contributed by atoms with Crippen LogP contribution in [0.1, 0.15) is 12.5 Å². The molecule has 3 fully saturated rings. The second-order valence-corrected chi connectivity index (χ2v) is 11.6. The van der Waals surface area contributed by atoms with Crippen LogP contribution in [0, 0.1) is 0 Å². The van der Waals surface area contributed by atoms with Gasteiger partial charge in [-0.3, -0.25) is 22.8 Å². The Labute approximate surface area is 235 Å². The van der Waals surface area contributed by atoms with Crippen LogP contribution in [-0.4, -0.2) is 94.0 Å². The van der Waals surface area contributed by atoms with Gasteiger partial charge in [-0.05, 0) is 0 Å². The summed E-state index contributed by atoms with van der Waals surface area (Å²) in [4.78, 5) is 24.3. The Morgan fingerprint density at radius 3 is 1.93 bits per heavy atom. The van der Waals surface area contributed by atoms with E-state index in [1.807, 2.05) is 0 Å². The van der Waals surface area contributed by atoms with Crippen LogP contribution in [-0.2, 0) is 36.7 Å². The summed E-state index contributed by atoms with van der Waals surface area (Å²) in [5.41, 5.74) is 12.7. The Morgan fingerprint density at radius 2 is 1.31 bits per heavy atom. The first-order valence-electron chi connectivity index (χ1n) is 12.5. The van der Waals surface area contributed by atoms with Gasteiger partial charge in [0, 0.05) is 0 Å². The summed E-state index contributed by atoms with van der Waals surface area (Å²) < 4.78 is 77.7. The van der Waals surface area contributed by atoms with E-state index in [0.717, 1.165) is 0 Å². The summed E-state index contributed by atoms with van der Waals surface area (Å²) >= 11 is 0. The number of halogens is 1. The fourth-order valence-corrected chi connectivity index (χ4v) is 6.83. The molecule has 224 valence electrons. The SMILES string of the molecule is Nc1ncnc2c1ncn2[C@@H]1O[C@@H]2CO[PH](=O)O[C@@H]3[C@H](F)[C@@H](CO[PH](=O)O[C@H]2[C@H]1O)O[C@H]3n1cnc2c(N)ncnc21. The van der Waals surface area contributed by atoms with Crippen LogP contribution < -0.4 is 11.5 Å². The molecule has 3 aliphatic heterocycles. The highest BCUT2D eigenvalue weighted by atomic mass is 31.1. The van der Waals surface area contributed by atoms with E-state index in [2.05, 4.69) is 29.9 Å². The highest BCUT2D eigenvalue weighted by molar-refractivity contribution is 7.33. The number of ether oxygens (including phenoxy) is 2. The number of nitrogen functional groups attached to an aromatic ring is 2. The maximum absolute atomic E-state index is 15.6. The fraction of sp³-hybridized carbons (Fsp3) is 0.500. The number of aliphatic hydroxyl groups is 1. The number of imidazole rings is 2. The number of nitrogens with zero attached hydrogens (tertiary/aromatic N) is 8. The molecular weight excluding hydrogens is 605 g/mol. The number of hydrogen-bond acceptors (Lipinski definition) is 17. The van der Waals surface area contributed by atoms with E-state index in [-0.39, 0.29) is 34.0 Å². The van der Waals surface area contributed by atoms with Crippen LogP contribution in [0.25, 0.3) is 22.3 Å². The van der Waals surface area contributed by atoms with Crippen molar-refractivity contribution >= 4 is 50.5 Å². The Kier molecular flexibility index (Phi) is 7.12. The summed E-state index contributed by atoms with van der Waals surface area (Å²) in [6, 6.07) is 0. The summed E-state index contributed by atoms with van der Waals surface area (Å²) in [5.74, 6) is 0.204. The molecule has 0 saturated carbocycles. The third-order valence-electron chi connectivity index (χ3n) is 7.09. The van der Waals surface area contributed by atoms with Crippen molar-refractivity contribution in [3.05, 3.63) is 25.3 Å². The molecule has 7 rings (SSSR count). The molecule has 5 N–H and O–H groups in total. The highest BCUT2D eigenvalue weighted by Crippen LogP contribution is 2.45. The van der Waals surface area contributed by atoms with Crippen LogP contribution in [0.5, 0.6) is 0 Å². The van der Waals surface area contributed by atoms with Crippen molar-refractivity contribution in [2.24, 2.45) is 0 Å². The van der Waals surface area contributed by atoms with Gasteiger partial charge in [-0.2, -0.15) is 0 Å². The van der Waals surface area contributed by atoms with E-state index in [4.69, 9.17) is 39.0 Å². The van der Waals surface area contributed by atoms with Gasteiger partial charge < -0.3 is 39.6 Å². The van der Waals surface area contributed by atoms with Gasteiger partial charge in [0.05, 0.1) is 25.9 Å². The lowest BCUT2D eigenvalue weighted by Gasteiger charge is -2.22. The molecule has 0 radical (unpaired) electrons. The molecule has 19 nitrogen and oxygen atoms in total. The second-order valence-electron chi connectivity index (χ2n) is 9.52. The molecular formula is C20H23FN10O9P2. The van der Waals surface area contributed by atoms with E-state index in [9.17, 15) is 14.2 Å². The summed E-state index contributed by atoms with van der Waals surface area (Å²) in [7, 11) is -6.76. The normalized spacial score (nSPS) is 36.0. The van der Waals surface area contributed by atoms with Gasteiger partial charge in [-0.15, -0.1) is 0 Å². The lowest BCUT2D eigenvalue weighted by molar-refractivity contribution is -0.0564. The van der Waals surface area contributed by atoms with Crippen LogP contribution >= 0.6 is 16.5 Å². The van der Waals surface area contributed by atoms with Gasteiger partial charge in [0.25, 0.3) is 0 Å². The van der Waals surface area contributed by atoms with Gasteiger partial charge in [0.15, 0.2) is 41.6 Å². The fourth-order valence-electron chi connectivity index (χ4n) is 5.11. The number of hydrogen-bond donors (Lipinski definition) is 3. The Balaban J connectivity index is 1.15. The zero-order valence-electron chi connectivity index (χ0n) is 21.2. The molecule has 42 heavy (non-hydrogen) atoms. The van der Waals surface area contributed by atoms with E-state index >= 15 is 4.39 Å². The molecule has 0 aromatic carbocycles. The van der Waals surface area contributed by atoms with E-state index in [1.165, 1.54) is 34.4 Å². The van der Waals surface area contributed by atoms with Crippen LogP contribution in [0.2, 0.25) is 0 Å². The molecule has 22 heteroatoms. The minimum Gasteiger partial charge on any atom is -0.386 e. The molecule has 2 unspecified atom stereocenters. The van der Waals surface area contributed by atoms with Gasteiger partial charge in [-0.1, -0.05) is 0 Å². The maximum Gasteiger partial charge on any atom is 0.319 e. The van der Waals surface area contributed by atoms with E-state index < -0.39 is 78.9 Å². The first-order valence-corrected chi connectivity index (χ1v) is 14.9. The van der Waals surface area contributed by atoms with E-state index in [1.54, 1.807) is 0 Å². The van der Waals surface area contributed by atoms with Gasteiger partial charge in [0.2, 0.25) is 0 Å². The molecule has 2 bridgehead atoms. The predicted octanol–water partition coefficient (Wildman–Crippen LogP) is -0.0790. The second kappa shape index (κ2) is 10.8. The standard InChI is InChI=1S/C20H23FN10O9P2/c21-9-7-1-35-41(33)39-13-8(38-19(12(13)32)30-5-28-10-15(22)24-3-26-17(10)30)2-36-42(34)40-14(9)20(37-7)31-6-29-11-16(23)25-4-27-18(11)31/h3-9,12-14,19-20,32,41-42H,1-2H2,(H2,22,24,26)(H2,23,25,27)/t7-,8-,9-,12-,13-,14-,19-,20-/m1/s1. The smallest absolute Gasteiger partial charge is 0.319 e. The molecule has 0 aliphatic carbocycles. The zero-order valence-corrected chi connectivity index (χ0v) is 23.2. The van der Waals surface area contributed by atoms with Crippen LogP contribution in [0.15, 0.2) is 25.3 Å². The molecule has 3 aliphatic rings. The lowest BCUT2D eigenvalue weighted by Crippen LogP contribution is -2.35. The van der Waals surface area contributed by atoms with E-state index in [0.29, 0.717) is 0 Å². The summed E-state index contributed by atoms with van der Waals surface area (Å²) in [6.45, 7) is -0.980. The van der Waals surface area contributed by atoms with Crippen molar-refractivity contribution in [3.8, 4) is 0 Å². The molecule has 3 saturated heterocycles. The van der Waals surface area contributed by atoms with Crippen LogP contribution in [0.3, 0.4) is 0 Å². The lowest BCUT2D eigenvalue weighted by atomic mass is 10.1. The van der Waals surface area contributed by atoms with Crippen molar-refractivity contribution < 1.29 is 46.2 Å². The minimum absolute atomic E-state index is 0.0897. The van der Waals surface area contributed by atoms with Gasteiger partial charge >= 0.3 is 16.5 Å². The van der Waals surface area contributed by atoms with Gasteiger partial charge in [0.1, 0.15) is 54.2 Å². The largest absolute Gasteiger partial charge is 0.386 e. The number of aliphatic hydroxyl groups excluding tert-OH is 1. The molecule has 7 heterocycles. The van der Waals surface area contributed by atoms with Crippen molar-refractivity contribution in [1.82, 2.24) is 39.0 Å². The number of anilines is 2. The minimum atomic E-state index is -3.40. The third-order valence-corrected chi connectivity index (χ3v) is 8.83. The van der Waals surface area contributed by atoms with Crippen LogP contribution in [0.4, 0.5) is 16.0 Å². The first kappa shape index (κ1) is 27.6. The predicted molar refractivity (Wildman–Crippen MR) is 138 cm³/mol. The molecule has 0 amide bonds. The third kappa shape index (κ3) is 4.64. The Morgan fingerprint density at radius 1 is 0.786 bits per heavy atom. The zero-order chi connectivity index (χ0) is 29.1. The summed E-state index contributed by atoms with van der Waals surface area (Å²) in [5, 5.41) is 11.1.